The van der Waals surface area contributed by atoms with Crippen molar-refractivity contribution in [3.63, 3.8) is 0 Å². The average molecular weight is 379 g/mol. The summed E-state index contributed by atoms with van der Waals surface area (Å²) >= 11 is 0. The third kappa shape index (κ3) is 7.02. The van der Waals surface area contributed by atoms with E-state index in [2.05, 4.69) is 27.4 Å². The van der Waals surface area contributed by atoms with Gasteiger partial charge in [-0.25, -0.2) is 0 Å². The fourth-order valence-corrected chi connectivity index (χ4v) is 4.69. The van der Waals surface area contributed by atoms with Crippen LogP contribution in [0.3, 0.4) is 0 Å². The smallest absolute Gasteiger partial charge is 0.138 e. The lowest BCUT2D eigenvalue weighted by Crippen LogP contribution is -2.32. The van der Waals surface area contributed by atoms with Crippen LogP contribution in [0.2, 0.25) is 0 Å². The Labute approximate surface area is 167 Å². The van der Waals surface area contributed by atoms with Gasteiger partial charge in [0.25, 0.3) is 0 Å². The summed E-state index contributed by atoms with van der Waals surface area (Å²) < 4.78 is 11.2. The van der Waals surface area contributed by atoms with E-state index in [1.165, 1.54) is 18.4 Å². The number of methoxy groups -OCH3 is 1. The molecule has 27 heavy (non-hydrogen) atoms. The van der Waals surface area contributed by atoms with Crippen molar-refractivity contribution in [3.05, 3.63) is 12.2 Å². The fourth-order valence-electron chi connectivity index (χ4n) is 4.69. The maximum absolute atomic E-state index is 13.1. The maximum Gasteiger partial charge on any atom is 0.138 e. The molecule has 2 rings (SSSR count). The highest BCUT2D eigenvalue weighted by atomic mass is 16.5. The Kier molecular flexibility index (Phi) is 8.55. The summed E-state index contributed by atoms with van der Waals surface area (Å²) in [6.07, 6.45) is 11.8. The zero-order chi connectivity index (χ0) is 19.9. The first-order valence-corrected chi connectivity index (χ1v) is 11.1. The minimum Gasteiger partial charge on any atom is -0.381 e. The number of ketones is 1. The minimum atomic E-state index is -0.198. The maximum atomic E-state index is 13.1. The summed E-state index contributed by atoms with van der Waals surface area (Å²) in [5, 5.41) is 0. The number of rotatable bonds is 9. The van der Waals surface area contributed by atoms with Gasteiger partial charge in [0.05, 0.1) is 12.7 Å². The van der Waals surface area contributed by atoms with Crippen molar-refractivity contribution in [2.75, 3.05) is 20.3 Å². The van der Waals surface area contributed by atoms with Crippen molar-refractivity contribution in [2.45, 2.75) is 97.5 Å². The van der Waals surface area contributed by atoms with Crippen LogP contribution in [0.25, 0.3) is 0 Å². The molecule has 1 saturated heterocycles. The summed E-state index contributed by atoms with van der Waals surface area (Å²) in [6.45, 7) is 12.9. The number of carbonyl (C=O) groups is 1. The first kappa shape index (κ1) is 22.6. The molecule has 0 N–H and O–H groups in total. The van der Waals surface area contributed by atoms with Crippen LogP contribution in [0.1, 0.15) is 91.4 Å². The van der Waals surface area contributed by atoms with Crippen molar-refractivity contribution >= 4 is 5.78 Å². The van der Waals surface area contributed by atoms with E-state index in [9.17, 15) is 4.79 Å². The molecule has 3 unspecified atom stereocenters. The number of carbonyl (C=O) groups excluding carboxylic acids is 1. The Balaban J connectivity index is 1.80. The van der Waals surface area contributed by atoms with Crippen LogP contribution in [-0.2, 0) is 14.3 Å². The van der Waals surface area contributed by atoms with Crippen molar-refractivity contribution in [1.29, 1.82) is 0 Å². The predicted molar refractivity (Wildman–Crippen MR) is 112 cm³/mol. The quantitative estimate of drug-likeness (QED) is 0.359. The molecule has 1 aliphatic heterocycles. The Morgan fingerprint density at radius 1 is 1.19 bits per heavy atom. The van der Waals surface area contributed by atoms with Crippen LogP contribution in [0.4, 0.5) is 0 Å². The molecule has 2 aliphatic rings. The van der Waals surface area contributed by atoms with E-state index >= 15 is 0 Å². The van der Waals surface area contributed by atoms with Gasteiger partial charge < -0.3 is 9.47 Å². The van der Waals surface area contributed by atoms with Crippen LogP contribution in [0.5, 0.6) is 0 Å². The fraction of sp³-hybridized carbons (Fsp3) is 0.875. The third-order valence-electron chi connectivity index (χ3n) is 7.08. The monoisotopic (exact) mass is 378 g/mol. The molecule has 0 aromatic rings. The first-order chi connectivity index (χ1) is 12.8. The van der Waals surface area contributed by atoms with Gasteiger partial charge in [-0.3, -0.25) is 4.79 Å². The second-order valence-corrected chi connectivity index (χ2v) is 10.0. The molecule has 0 bridgehead atoms. The van der Waals surface area contributed by atoms with Crippen molar-refractivity contribution in [1.82, 2.24) is 0 Å². The van der Waals surface area contributed by atoms with E-state index in [-0.39, 0.29) is 16.9 Å². The Bertz CT molecular complexity index is 490. The van der Waals surface area contributed by atoms with Crippen molar-refractivity contribution in [3.8, 4) is 0 Å². The van der Waals surface area contributed by atoms with Gasteiger partial charge >= 0.3 is 0 Å². The topological polar surface area (TPSA) is 35.5 Å². The van der Waals surface area contributed by atoms with E-state index in [1.54, 1.807) is 7.11 Å². The molecule has 1 saturated carbocycles. The van der Waals surface area contributed by atoms with Gasteiger partial charge in [0.15, 0.2) is 0 Å². The highest BCUT2D eigenvalue weighted by Gasteiger charge is 2.37. The minimum absolute atomic E-state index is 0.176. The Hall–Kier alpha value is -0.670. The summed E-state index contributed by atoms with van der Waals surface area (Å²) in [7, 11) is 1.79. The molecular formula is C24H42O3. The summed E-state index contributed by atoms with van der Waals surface area (Å²) in [6, 6.07) is 0. The molecular weight excluding hydrogens is 336 g/mol. The third-order valence-corrected chi connectivity index (χ3v) is 7.08. The van der Waals surface area contributed by atoms with E-state index in [1.807, 2.05) is 0 Å². The Morgan fingerprint density at radius 2 is 1.93 bits per heavy atom. The zero-order valence-electron chi connectivity index (χ0n) is 18.3. The van der Waals surface area contributed by atoms with Gasteiger partial charge in [-0.05, 0) is 56.8 Å². The van der Waals surface area contributed by atoms with Crippen LogP contribution >= 0.6 is 0 Å². The van der Waals surface area contributed by atoms with Gasteiger partial charge in [0, 0.05) is 31.5 Å². The van der Waals surface area contributed by atoms with Crippen molar-refractivity contribution in [2.24, 2.45) is 16.7 Å². The molecule has 2 fully saturated rings. The number of hydrogen-bond donors (Lipinski definition) is 0. The number of hydrogen-bond acceptors (Lipinski definition) is 3. The molecule has 0 aromatic carbocycles. The van der Waals surface area contributed by atoms with Crippen molar-refractivity contribution < 1.29 is 14.3 Å². The zero-order valence-corrected chi connectivity index (χ0v) is 18.3. The standard InChI is InChI=1S/C24H42O3/c1-19(20-9-8-16-27-18-20)11-14-23(2,3)15-12-22(25)24(4)13-7-6-10-21(17-24)26-5/h20-21H,1,6-18H2,2-5H3. The second kappa shape index (κ2) is 10.2. The van der Waals surface area contributed by atoms with Crippen LogP contribution in [0, 0.1) is 16.7 Å². The number of Topliss-reactive ketones (excluding diaryl/α,β-unsaturated/α-hetero) is 1. The van der Waals surface area contributed by atoms with E-state index in [4.69, 9.17) is 9.47 Å². The molecule has 3 heteroatoms. The molecule has 0 radical (unpaired) electrons. The molecule has 0 amide bonds. The van der Waals surface area contributed by atoms with Gasteiger partial charge in [-0.2, -0.15) is 0 Å². The van der Waals surface area contributed by atoms with Gasteiger partial charge in [0.1, 0.15) is 5.78 Å². The lowest BCUT2D eigenvalue weighted by molar-refractivity contribution is -0.130. The lowest BCUT2D eigenvalue weighted by atomic mass is 9.73. The normalized spacial score (nSPS) is 29.9. The second-order valence-electron chi connectivity index (χ2n) is 10.0. The van der Waals surface area contributed by atoms with E-state index in [0.29, 0.717) is 18.1 Å². The molecule has 156 valence electrons. The van der Waals surface area contributed by atoms with Crippen LogP contribution in [-0.4, -0.2) is 32.2 Å². The van der Waals surface area contributed by atoms with Gasteiger partial charge in [-0.15, -0.1) is 0 Å². The van der Waals surface area contributed by atoms with Gasteiger partial charge in [0.2, 0.25) is 0 Å². The summed E-state index contributed by atoms with van der Waals surface area (Å²) in [5.74, 6) is 0.978. The van der Waals surface area contributed by atoms with E-state index in [0.717, 1.165) is 64.6 Å². The molecule has 1 heterocycles. The highest BCUT2D eigenvalue weighted by molar-refractivity contribution is 5.84. The first-order valence-electron chi connectivity index (χ1n) is 11.1. The predicted octanol–water partition coefficient (Wildman–Crippen LogP) is 6.11. The summed E-state index contributed by atoms with van der Waals surface area (Å²) in [4.78, 5) is 13.1. The van der Waals surface area contributed by atoms with Gasteiger partial charge in [-0.1, -0.05) is 45.8 Å². The SMILES string of the molecule is C=C(CCC(C)(C)CCC(=O)C1(C)CCCCC(OC)C1)C1CCCOC1. The molecule has 3 atom stereocenters. The van der Waals surface area contributed by atoms with E-state index < -0.39 is 0 Å². The Morgan fingerprint density at radius 3 is 2.59 bits per heavy atom. The molecule has 0 aromatic heterocycles. The highest BCUT2D eigenvalue weighted by Crippen LogP contribution is 2.40. The molecule has 1 aliphatic carbocycles. The molecule has 3 nitrogen and oxygen atoms in total. The number of ether oxygens (including phenoxy) is 2. The lowest BCUT2D eigenvalue weighted by Gasteiger charge is -2.32. The summed E-state index contributed by atoms with van der Waals surface area (Å²) in [5.41, 5.74) is 1.32. The van der Waals surface area contributed by atoms with Crippen LogP contribution in [0.15, 0.2) is 12.2 Å². The van der Waals surface area contributed by atoms with Crippen LogP contribution < -0.4 is 0 Å². The largest absolute Gasteiger partial charge is 0.381 e. The molecule has 0 spiro atoms. The average Bonchev–Trinajstić information content (AvgIpc) is 2.87.